The number of unbranched alkanes of at least 4 members (excludes halogenated alkanes) is 10. The van der Waals surface area contributed by atoms with Gasteiger partial charge in [-0.25, -0.2) is 0 Å². The standard InChI is InChI=1S/C19H42N2/c1-3-5-6-7-8-9-10-11-12-13-14-17-21-19-15-18-20-16-4-2/h20-21H,3-19H2,1-2H3. The Morgan fingerprint density at radius 1 is 0.381 bits per heavy atom. The van der Waals surface area contributed by atoms with E-state index in [4.69, 9.17) is 0 Å². The van der Waals surface area contributed by atoms with Crippen molar-refractivity contribution >= 4 is 0 Å². The van der Waals surface area contributed by atoms with Gasteiger partial charge in [-0.15, -0.1) is 0 Å². The van der Waals surface area contributed by atoms with Crippen molar-refractivity contribution in [2.24, 2.45) is 0 Å². The molecule has 0 aromatic carbocycles. The van der Waals surface area contributed by atoms with Crippen LogP contribution in [-0.4, -0.2) is 26.2 Å². The molecule has 0 amide bonds. The van der Waals surface area contributed by atoms with Crippen LogP contribution in [0.2, 0.25) is 0 Å². The smallest absolute Gasteiger partial charge is 0.00368 e. The molecule has 2 N–H and O–H groups in total. The molecule has 0 atom stereocenters. The summed E-state index contributed by atoms with van der Waals surface area (Å²) < 4.78 is 0. The van der Waals surface area contributed by atoms with Gasteiger partial charge in [-0.1, -0.05) is 78.1 Å². The third kappa shape index (κ3) is 19.9. The molecule has 0 radical (unpaired) electrons. The van der Waals surface area contributed by atoms with Crippen molar-refractivity contribution in [1.29, 1.82) is 0 Å². The van der Waals surface area contributed by atoms with Crippen LogP contribution in [0.4, 0.5) is 0 Å². The predicted molar refractivity (Wildman–Crippen MR) is 97.1 cm³/mol. The summed E-state index contributed by atoms with van der Waals surface area (Å²) in [5.41, 5.74) is 0. The van der Waals surface area contributed by atoms with Crippen molar-refractivity contribution in [3.05, 3.63) is 0 Å². The summed E-state index contributed by atoms with van der Waals surface area (Å²) in [4.78, 5) is 0. The lowest BCUT2D eigenvalue weighted by atomic mass is 10.1. The Morgan fingerprint density at radius 2 is 0.810 bits per heavy atom. The van der Waals surface area contributed by atoms with E-state index in [0.29, 0.717) is 0 Å². The Labute approximate surface area is 134 Å². The first-order valence-corrected chi connectivity index (χ1v) is 9.83. The molecule has 0 bridgehead atoms. The molecular formula is C19H42N2. The minimum absolute atomic E-state index is 1.17. The van der Waals surface area contributed by atoms with E-state index >= 15 is 0 Å². The molecule has 0 aliphatic carbocycles. The quantitative estimate of drug-likeness (QED) is 0.337. The largest absolute Gasteiger partial charge is 0.317 e. The second kappa shape index (κ2) is 19.9. The van der Waals surface area contributed by atoms with Gasteiger partial charge < -0.3 is 10.6 Å². The van der Waals surface area contributed by atoms with Crippen LogP contribution in [0.25, 0.3) is 0 Å². The van der Waals surface area contributed by atoms with Crippen molar-refractivity contribution in [3.8, 4) is 0 Å². The maximum atomic E-state index is 3.55. The van der Waals surface area contributed by atoms with Crippen LogP contribution in [0.3, 0.4) is 0 Å². The second-order valence-corrected chi connectivity index (χ2v) is 6.39. The van der Waals surface area contributed by atoms with Gasteiger partial charge in [0.05, 0.1) is 0 Å². The molecule has 2 nitrogen and oxygen atoms in total. The fraction of sp³-hybridized carbons (Fsp3) is 1.00. The molecule has 0 spiro atoms. The minimum atomic E-state index is 1.17. The van der Waals surface area contributed by atoms with Gasteiger partial charge in [0.25, 0.3) is 0 Å². The molecule has 0 unspecified atom stereocenters. The van der Waals surface area contributed by atoms with Gasteiger partial charge in [-0.3, -0.25) is 0 Å². The van der Waals surface area contributed by atoms with Crippen molar-refractivity contribution in [2.45, 2.75) is 97.3 Å². The number of nitrogens with one attached hydrogen (secondary N) is 2. The summed E-state index contributed by atoms with van der Waals surface area (Å²) in [5.74, 6) is 0. The summed E-state index contributed by atoms with van der Waals surface area (Å²) in [6.45, 7) is 9.23. The Bertz CT molecular complexity index is 153. The summed E-state index contributed by atoms with van der Waals surface area (Å²) >= 11 is 0. The molecular weight excluding hydrogens is 256 g/mol. The number of hydrogen-bond acceptors (Lipinski definition) is 2. The average molecular weight is 299 g/mol. The zero-order valence-electron chi connectivity index (χ0n) is 15.0. The lowest BCUT2D eigenvalue weighted by molar-refractivity contribution is 0.533. The highest BCUT2D eigenvalue weighted by atomic mass is 14.9. The van der Waals surface area contributed by atoms with E-state index in [2.05, 4.69) is 24.5 Å². The molecule has 0 aliphatic heterocycles. The number of rotatable bonds is 18. The van der Waals surface area contributed by atoms with Crippen LogP contribution in [0.1, 0.15) is 97.3 Å². The van der Waals surface area contributed by atoms with Gasteiger partial charge in [0.1, 0.15) is 0 Å². The lowest BCUT2D eigenvalue weighted by Gasteiger charge is -2.06. The van der Waals surface area contributed by atoms with Gasteiger partial charge in [0.15, 0.2) is 0 Å². The first-order chi connectivity index (χ1) is 10.4. The summed E-state index contributed by atoms with van der Waals surface area (Å²) in [6, 6.07) is 0. The third-order valence-corrected chi connectivity index (χ3v) is 4.09. The zero-order chi connectivity index (χ0) is 15.4. The molecule has 0 aliphatic rings. The first kappa shape index (κ1) is 20.9. The second-order valence-electron chi connectivity index (χ2n) is 6.39. The van der Waals surface area contributed by atoms with E-state index in [1.165, 1.54) is 110 Å². The third-order valence-electron chi connectivity index (χ3n) is 4.09. The van der Waals surface area contributed by atoms with Crippen molar-refractivity contribution in [2.75, 3.05) is 26.2 Å². The number of hydrogen-bond donors (Lipinski definition) is 2. The van der Waals surface area contributed by atoms with E-state index in [1.54, 1.807) is 0 Å². The lowest BCUT2D eigenvalue weighted by Crippen LogP contribution is -2.23. The predicted octanol–water partition coefficient (Wildman–Crippen LogP) is 5.28. The van der Waals surface area contributed by atoms with E-state index in [0.717, 1.165) is 0 Å². The molecule has 0 fully saturated rings. The normalized spacial score (nSPS) is 11.1. The minimum Gasteiger partial charge on any atom is -0.317 e. The average Bonchev–Trinajstić information content (AvgIpc) is 2.50. The van der Waals surface area contributed by atoms with E-state index in [9.17, 15) is 0 Å². The molecule has 2 heteroatoms. The molecule has 0 aromatic rings. The SMILES string of the molecule is CCCCCCCCCCCCCNCCCNCCC. The van der Waals surface area contributed by atoms with Crippen LogP contribution >= 0.6 is 0 Å². The fourth-order valence-electron chi connectivity index (χ4n) is 2.68. The van der Waals surface area contributed by atoms with Crippen LogP contribution in [0, 0.1) is 0 Å². The Hall–Kier alpha value is -0.0800. The monoisotopic (exact) mass is 298 g/mol. The summed E-state index contributed by atoms with van der Waals surface area (Å²) in [5, 5.41) is 6.99. The maximum absolute atomic E-state index is 3.55. The van der Waals surface area contributed by atoms with Crippen LogP contribution in [0.15, 0.2) is 0 Å². The van der Waals surface area contributed by atoms with Gasteiger partial charge in [-0.2, -0.15) is 0 Å². The fourth-order valence-corrected chi connectivity index (χ4v) is 2.68. The first-order valence-electron chi connectivity index (χ1n) is 9.83. The Balaban J connectivity index is 2.90. The highest BCUT2D eigenvalue weighted by molar-refractivity contribution is 4.53. The van der Waals surface area contributed by atoms with Crippen LogP contribution in [0.5, 0.6) is 0 Å². The zero-order valence-corrected chi connectivity index (χ0v) is 15.0. The Kier molecular flexibility index (Phi) is 19.8. The van der Waals surface area contributed by atoms with E-state index in [1.807, 2.05) is 0 Å². The highest BCUT2D eigenvalue weighted by Crippen LogP contribution is 2.10. The van der Waals surface area contributed by atoms with E-state index in [-0.39, 0.29) is 0 Å². The van der Waals surface area contributed by atoms with Gasteiger partial charge >= 0.3 is 0 Å². The van der Waals surface area contributed by atoms with Gasteiger partial charge in [0, 0.05) is 0 Å². The van der Waals surface area contributed by atoms with Crippen molar-refractivity contribution in [1.82, 2.24) is 10.6 Å². The maximum Gasteiger partial charge on any atom is -0.00368 e. The molecule has 0 saturated carbocycles. The van der Waals surface area contributed by atoms with Crippen LogP contribution in [-0.2, 0) is 0 Å². The summed E-state index contributed by atoms with van der Waals surface area (Å²) in [7, 11) is 0. The van der Waals surface area contributed by atoms with Crippen molar-refractivity contribution in [3.63, 3.8) is 0 Å². The van der Waals surface area contributed by atoms with E-state index < -0.39 is 0 Å². The molecule has 128 valence electrons. The molecule has 0 rings (SSSR count). The molecule has 0 saturated heterocycles. The van der Waals surface area contributed by atoms with Gasteiger partial charge in [0.2, 0.25) is 0 Å². The van der Waals surface area contributed by atoms with Crippen molar-refractivity contribution < 1.29 is 0 Å². The molecule has 0 heterocycles. The highest BCUT2D eigenvalue weighted by Gasteiger charge is 1.93. The topological polar surface area (TPSA) is 24.1 Å². The molecule has 21 heavy (non-hydrogen) atoms. The summed E-state index contributed by atoms with van der Waals surface area (Å²) in [6.07, 6.45) is 18.3. The van der Waals surface area contributed by atoms with Gasteiger partial charge in [-0.05, 0) is 45.4 Å². The van der Waals surface area contributed by atoms with Crippen LogP contribution < -0.4 is 10.6 Å². The molecule has 0 aromatic heterocycles. The Morgan fingerprint density at radius 3 is 1.33 bits per heavy atom.